The maximum atomic E-state index is 11.8. The Morgan fingerprint density at radius 1 is 1.32 bits per heavy atom. The smallest absolute Gasteiger partial charge is 0.315 e. The van der Waals surface area contributed by atoms with Crippen molar-refractivity contribution < 1.29 is 14.4 Å². The van der Waals surface area contributed by atoms with Crippen LogP contribution in [-0.4, -0.2) is 65.9 Å². The van der Waals surface area contributed by atoms with E-state index in [1.807, 2.05) is 18.7 Å². The van der Waals surface area contributed by atoms with Crippen LogP contribution in [0.2, 0.25) is 0 Å². The van der Waals surface area contributed by atoms with Gasteiger partial charge in [-0.2, -0.15) is 0 Å². The van der Waals surface area contributed by atoms with Crippen molar-refractivity contribution in [3.63, 3.8) is 0 Å². The summed E-state index contributed by atoms with van der Waals surface area (Å²) >= 11 is 0. The Balaban J connectivity index is 1.60. The minimum absolute atomic E-state index is 0.0906. The molecule has 2 rings (SSSR count). The lowest BCUT2D eigenvalue weighted by molar-refractivity contribution is -0.129. The van der Waals surface area contributed by atoms with E-state index in [-0.39, 0.29) is 29.9 Å². The molecule has 2 aliphatic rings. The first-order chi connectivity index (χ1) is 10.5. The highest BCUT2D eigenvalue weighted by Gasteiger charge is 2.31. The predicted molar refractivity (Wildman–Crippen MR) is 82.2 cm³/mol. The fourth-order valence-corrected chi connectivity index (χ4v) is 2.98. The van der Waals surface area contributed by atoms with Crippen LogP contribution in [0.4, 0.5) is 4.79 Å². The highest BCUT2D eigenvalue weighted by molar-refractivity contribution is 5.82. The van der Waals surface area contributed by atoms with E-state index in [2.05, 4.69) is 10.6 Å². The van der Waals surface area contributed by atoms with Crippen molar-refractivity contribution in [3.05, 3.63) is 0 Å². The van der Waals surface area contributed by atoms with E-state index in [4.69, 9.17) is 0 Å². The van der Waals surface area contributed by atoms with Gasteiger partial charge in [-0.1, -0.05) is 0 Å². The summed E-state index contributed by atoms with van der Waals surface area (Å²) in [5.41, 5.74) is 0. The number of rotatable bonds is 6. The maximum Gasteiger partial charge on any atom is 0.315 e. The van der Waals surface area contributed by atoms with E-state index >= 15 is 0 Å². The van der Waals surface area contributed by atoms with E-state index in [1.54, 1.807) is 4.90 Å². The topological polar surface area (TPSA) is 81.8 Å². The SMILES string of the molecule is CC(C)N1CC(NC(=O)NCCCN2CCCC2=O)CC1=O. The van der Waals surface area contributed by atoms with Gasteiger partial charge in [-0.25, -0.2) is 4.79 Å². The van der Waals surface area contributed by atoms with Gasteiger partial charge in [0, 0.05) is 45.1 Å². The van der Waals surface area contributed by atoms with Crippen LogP contribution in [-0.2, 0) is 9.59 Å². The molecule has 0 aromatic heterocycles. The first kappa shape index (κ1) is 16.6. The molecule has 124 valence electrons. The highest BCUT2D eigenvalue weighted by Crippen LogP contribution is 2.14. The number of likely N-dealkylation sites (tertiary alicyclic amines) is 2. The zero-order valence-electron chi connectivity index (χ0n) is 13.4. The number of carbonyl (C=O) groups is 3. The van der Waals surface area contributed by atoms with Gasteiger partial charge in [0.2, 0.25) is 11.8 Å². The van der Waals surface area contributed by atoms with Gasteiger partial charge in [0.1, 0.15) is 0 Å². The lowest BCUT2D eigenvalue weighted by Crippen LogP contribution is -2.44. The number of carbonyl (C=O) groups excluding carboxylic acids is 3. The second kappa shape index (κ2) is 7.47. The van der Waals surface area contributed by atoms with Crippen LogP contribution in [0.1, 0.15) is 39.5 Å². The minimum atomic E-state index is -0.240. The molecule has 2 saturated heterocycles. The fraction of sp³-hybridized carbons (Fsp3) is 0.800. The quantitative estimate of drug-likeness (QED) is 0.693. The Labute approximate surface area is 131 Å². The largest absolute Gasteiger partial charge is 0.343 e. The van der Waals surface area contributed by atoms with E-state index < -0.39 is 0 Å². The van der Waals surface area contributed by atoms with Crippen molar-refractivity contribution in [1.82, 2.24) is 20.4 Å². The van der Waals surface area contributed by atoms with Crippen molar-refractivity contribution >= 4 is 17.8 Å². The van der Waals surface area contributed by atoms with Crippen molar-refractivity contribution in [2.24, 2.45) is 0 Å². The fourth-order valence-electron chi connectivity index (χ4n) is 2.98. The Morgan fingerprint density at radius 2 is 2.09 bits per heavy atom. The summed E-state index contributed by atoms with van der Waals surface area (Å²) in [5, 5.41) is 5.63. The first-order valence-corrected chi connectivity index (χ1v) is 8.09. The summed E-state index contributed by atoms with van der Waals surface area (Å²) < 4.78 is 0. The van der Waals surface area contributed by atoms with Gasteiger partial charge in [0.05, 0.1) is 6.04 Å². The molecule has 0 aromatic carbocycles. The van der Waals surface area contributed by atoms with Crippen LogP contribution in [0.5, 0.6) is 0 Å². The van der Waals surface area contributed by atoms with Crippen LogP contribution in [0.15, 0.2) is 0 Å². The number of nitrogens with one attached hydrogen (secondary N) is 2. The third kappa shape index (κ3) is 4.35. The van der Waals surface area contributed by atoms with Gasteiger partial charge in [0.15, 0.2) is 0 Å². The number of hydrogen-bond acceptors (Lipinski definition) is 3. The summed E-state index contributed by atoms with van der Waals surface area (Å²) in [6, 6.07) is -0.188. The van der Waals surface area contributed by atoms with Crippen molar-refractivity contribution in [2.75, 3.05) is 26.2 Å². The highest BCUT2D eigenvalue weighted by atomic mass is 16.2. The van der Waals surface area contributed by atoms with E-state index in [9.17, 15) is 14.4 Å². The number of amides is 4. The molecule has 0 radical (unpaired) electrons. The summed E-state index contributed by atoms with van der Waals surface area (Å²) in [6.07, 6.45) is 2.71. The molecule has 7 nitrogen and oxygen atoms in total. The molecule has 4 amide bonds. The third-order valence-corrected chi connectivity index (χ3v) is 4.18. The molecular weight excluding hydrogens is 284 g/mol. The lowest BCUT2D eigenvalue weighted by atomic mass is 10.2. The Morgan fingerprint density at radius 3 is 2.68 bits per heavy atom. The number of urea groups is 1. The second-order valence-corrected chi connectivity index (χ2v) is 6.28. The molecule has 0 aliphatic carbocycles. The zero-order chi connectivity index (χ0) is 16.1. The minimum Gasteiger partial charge on any atom is -0.343 e. The van der Waals surface area contributed by atoms with Gasteiger partial charge in [-0.15, -0.1) is 0 Å². The molecule has 0 saturated carbocycles. The third-order valence-electron chi connectivity index (χ3n) is 4.18. The Bertz CT molecular complexity index is 439. The molecule has 2 fully saturated rings. The van der Waals surface area contributed by atoms with Gasteiger partial charge >= 0.3 is 6.03 Å². The molecule has 2 heterocycles. The summed E-state index contributed by atoms with van der Waals surface area (Å²) in [5.74, 6) is 0.301. The van der Waals surface area contributed by atoms with Crippen LogP contribution >= 0.6 is 0 Å². The molecule has 2 aliphatic heterocycles. The zero-order valence-corrected chi connectivity index (χ0v) is 13.4. The summed E-state index contributed by atoms with van der Waals surface area (Å²) in [4.78, 5) is 38.6. The van der Waals surface area contributed by atoms with Crippen LogP contribution in [0.25, 0.3) is 0 Å². The normalized spacial score (nSPS) is 21.9. The molecule has 1 unspecified atom stereocenters. The van der Waals surface area contributed by atoms with E-state index in [1.165, 1.54) is 0 Å². The molecule has 1 atom stereocenters. The molecule has 0 bridgehead atoms. The van der Waals surface area contributed by atoms with Gasteiger partial charge in [-0.05, 0) is 26.7 Å². The first-order valence-electron chi connectivity index (χ1n) is 8.09. The van der Waals surface area contributed by atoms with E-state index in [0.29, 0.717) is 32.5 Å². The summed E-state index contributed by atoms with van der Waals surface area (Å²) in [7, 11) is 0. The Hall–Kier alpha value is -1.79. The number of hydrogen-bond donors (Lipinski definition) is 2. The predicted octanol–water partition coefficient (Wildman–Crippen LogP) is 0.307. The number of nitrogens with zero attached hydrogens (tertiary/aromatic N) is 2. The van der Waals surface area contributed by atoms with Crippen molar-refractivity contribution in [1.29, 1.82) is 0 Å². The average molecular weight is 310 g/mol. The maximum absolute atomic E-state index is 11.8. The second-order valence-electron chi connectivity index (χ2n) is 6.28. The van der Waals surface area contributed by atoms with Gasteiger partial charge in [0.25, 0.3) is 0 Å². The molecule has 2 N–H and O–H groups in total. The molecule has 0 aromatic rings. The summed E-state index contributed by atoms with van der Waals surface area (Å²) in [6.45, 7) is 6.58. The lowest BCUT2D eigenvalue weighted by Gasteiger charge is -2.21. The van der Waals surface area contributed by atoms with Crippen LogP contribution in [0, 0.1) is 0 Å². The van der Waals surface area contributed by atoms with Crippen LogP contribution in [0.3, 0.4) is 0 Å². The average Bonchev–Trinajstić information content (AvgIpc) is 3.01. The van der Waals surface area contributed by atoms with Crippen molar-refractivity contribution in [3.8, 4) is 0 Å². The monoisotopic (exact) mass is 310 g/mol. The molecule has 22 heavy (non-hydrogen) atoms. The van der Waals surface area contributed by atoms with Gasteiger partial charge < -0.3 is 20.4 Å². The molecular formula is C15H26N4O3. The Kier molecular flexibility index (Phi) is 5.63. The van der Waals surface area contributed by atoms with Gasteiger partial charge in [-0.3, -0.25) is 9.59 Å². The standard InChI is InChI=1S/C15H26N4O3/c1-11(2)19-10-12(9-14(19)21)17-15(22)16-6-4-8-18-7-3-5-13(18)20/h11-12H,3-10H2,1-2H3,(H2,16,17,22). The van der Waals surface area contributed by atoms with Crippen LogP contribution < -0.4 is 10.6 Å². The van der Waals surface area contributed by atoms with Crippen molar-refractivity contribution in [2.45, 2.75) is 51.6 Å². The van der Waals surface area contributed by atoms with E-state index in [0.717, 1.165) is 19.4 Å². The molecule has 7 heteroatoms. The molecule has 0 spiro atoms.